The monoisotopic (exact) mass is 205 g/mol. The second-order valence-corrected chi connectivity index (χ2v) is 4.18. The highest BCUT2D eigenvalue weighted by atomic mass is 35.5. The Hall–Kier alpha value is -1.02. The van der Waals surface area contributed by atoms with Gasteiger partial charge in [-0.1, -0.05) is 11.6 Å². The Labute approximate surface area is 87.5 Å². The summed E-state index contributed by atoms with van der Waals surface area (Å²) in [6.07, 6.45) is 5.46. The molecule has 71 valence electrons. The highest BCUT2D eigenvalue weighted by molar-refractivity contribution is 6.32. The van der Waals surface area contributed by atoms with E-state index < -0.39 is 0 Å². The molecule has 0 spiro atoms. The van der Waals surface area contributed by atoms with Crippen LogP contribution in [-0.2, 0) is 7.05 Å². The van der Waals surface area contributed by atoms with Crippen molar-refractivity contribution in [2.24, 2.45) is 7.05 Å². The molecule has 1 radical (unpaired) electrons. The molecule has 0 N–H and O–H groups in total. The van der Waals surface area contributed by atoms with Gasteiger partial charge in [0.2, 0.25) is 0 Å². The standard InChI is InChI=1S/C11H10ClN2/c1-14-6-8-10(13-14)5-4-9(12)11(8)7-2-3-7/h2,4-7H,3H2,1H3. The maximum absolute atomic E-state index is 6.19. The molecule has 1 atom stereocenters. The summed E-state index contributed by atoms with van der Waals surface area (Å²) >= 11 is 6.19. The highest BCUT2D eigenvalue weighted by Gasteiger charge is 2.28. The van der Waals surface area contributed by atoms with Crippen LogP contribution < -0.4 is 0 Å². The Morgan fingerprint density at radius 3 is 3.00 bits per heavy atom. The molecule has 1 saturated carbocycles. The van der Waals surface area contributed by atoms with Crippen molar-refractivity contribution in [2.75, 3.05) is 0 Å². The molecule has 1 heterocycles. The quantitative estimate of drug-likeness (QED) is 0.700. The van der Waals surface area contributed by atoms with Crippen LogP contribution in [0, 0.1) is 6.42 Å². The van der Waals surface area contributed by atoms with Crippen molar-refractivity contribution in [3.05, 3.63) is 35.3 Å². The number of nitrogens with zero attached hydrogens (tertiary/aromatic N) is 2. The fourth-order valence-corrected chi connectivity index (χ4v) is 2.19. The molecule has 0 amide bonds. The fourth-order valence-electron chi connectivity index (χ4n) is 1.89. The van der Waals surface area contributed by atoms with E-state index in [1.54, 1.807) is 0 Å². The van der Waals surface area contributed by atoms with Gasteiger partial charge in [0.25, 0.3) is 0 Å². The zero-order chi connectivity index (χ0) is 9.71. The minimum absolute atomic E-state index is 0.551. The minimum Gasteiger partial charge on any atom is -0.275 e. The first-order chi connectivity index (χ1) is 6.75. The maximum atomic E-state index is 6.19. The summed E-state index contributed by atoms with van der Waals surface area (Å²) in [6.45, 7) is 0. The first-order valence-electron chi connectivity index (χ1n) is 4.71. The molecular weight excluding hydrogens is 196 g/mol. The van der Waals surface area contributed by atoms with Crippen LogP contribution in [-0.4, -0.2) is 9.78 Å². The SMILES string of the molecule is Cn1cc2c(C3[CH]C3)c(Cl)ccc2n1. The number of fused-ring (bicyclic) bond motifs is 1. The van der Waals surface area contributed by atoms with E-state index >= 15 is 0 Å². The summed E-state index contributed by atoms with van der Waals surface area (Å²) in [7, 11) is 1.94. The number of halogens is 1. The molecule has 0 aliphatic heterocycles. The van der Waals surface area contributed by atoms with Gasteiger partial charge in [0.1, 0.15) is 0 Å². The van der Waals surface area contributed by atoms with E-state index in [1.165, 1.54) is 10.9 Å². The molecular formula is C11H10ClN2. The minimum atomic E-state index is 0.551. The van der Waals surface area contributed by atoms with Crippen LogP contribution in [0.4, 0.5) is 0 Å². The van der Waals surface area contributed by atoms with Crippen LogP contribution in [0.15, 0.2) is 18.3 Å². The third-order valence-electron chi connectivity index (χ3n) is 2.63. The van der Waals surface area contributed by atoms with Gasteiger partial charge in [-0.25, -0.2) is 0 Å². The van der Waals surface area contributed by atoms with Crippen molar-refractivity contribution in [1.82, 2.24) is 9.78 Å². The molecule has 0 bridgehead atoms. The van der Waals surface area contributed by atoms with E-state index in [2.05, 4.69) is 11.5 Å². The first-order valence-corrected chi connectivity index (χ1v) is 5.08. The maximum Gasteiger partial charge on any atom is 0.0927 e. The molecule has 1 aliphatic rings. The van der Waals surface area contributed by atoms with Gasteiger partial charge in [-0.3, -0.25) is 4.68 Å². The predicted molar refractivity (Wildman–Crippen MR) is 57.4 cm³/mol. The molecule has 2 aromatic rings. The molecule has 1 unspecified atom stereocenters. The van der Waals surface area contributed by atoms with Gasteiger partial charge in [-0.2, -0.15) is 5.10 Å². The van der Waals surface area contributed by atoms with Crippen LogP contribution in [0.3, 0.4) is 0 Å². The predicted octanol–water partition coefficient (Wildman–Crippen LogP) is 2.92. The van der Waals surface area contributed by atoms with Crippen LogP contribution in [0.25, 0.3) is 10.9 Å². The second-order valence-electron chi connectivity index (χ2n) is 3.77. The van der Waals surface area contributed by atoms with Crippen molar-refractivity contribution in [2.45, 2.75) is 12.3 Å². The van der Waals surface area contributed by atoms with Gasteiger partial charge in [-0.15, -0.1) is 0 Å². The number of hydrogen-bond donors (Lipinski definition) is 0. The van der Waals surface area contributed by atoms with E-state index in [1.807, 2.05) is 30.1 Å². The van der Waals surface area contributed by atoms with Crippen molar-refractivity contribution < 1.29 is 0 Å². The molecule has 1 aromatic heterocycles. The Morgan fingerprint density at radius 1 is 1.50 bits per heavy atom. The lowest BCUT2D eigenvalue weighted by Crippen LogP contribution is -1.84. The van der Waals surface area contributed by atoms with Crippen molar-refractivity contribution in [3.63, 3.8) is 0 Å². The van der Waals surface area contributed by atoms with Gasteiger partial charge < -0.3 is 0 Å². The normalized spacial score (nSPS) is 16.4. The molecule has 0 saturated heterocycles. The van der Waals surface area contributed by atoms with Crippen LogP contribution in [0.2, 0.25) is 5.02 Å². The van der Waals surface area contributed by atoms with E-state index in [0.717, 1.165) is 17.0 Å². The number of rotatable bonds is 1. The number of aromatic nitrogens is 2. The number of hydrogen-bond acceptors (Lipinski definition) is 1. The average Bonchev–Trinajstić information content (AvgIpc) is 2.88. The molecule has 1 aliphatic carbocycles. The topological polar surface area (TPSA) is 17.8 Å². The van der Waals surface area contributed by atoms with E-state index in [4.69, 9.17) is 11.6 Å². The summed E-state index contributed by atoms with van der Waals surface area (Å²) in [5.74, 6) is 0.551. The van der Waals surface area contributed by atoms with E-state index in [-0.39, 0.29) is 0 Å². The lowest BCUT2D eigenvalue weighted by Gasteiger charge is -2.02. The highest BCUT2D eigenvalue weighted by Crippen LogP contribution is 2.45. The summed E-state index contributed by atoms with van der Waals surface area (Å²) in [5.41, 5.74) is 2.28. The molecule has 14 heavy (non-hydrogen) atoms. The average molecular weight is 206 g/mol. The molecule has 3 rings (SSSR count). The lowest BCUT2D eigenvalue weighted by molar-refractivity contribution is 0.779. The molecule has 1 fully saturated rings. The molecule has 3 heteroatoms. The van der Waals surface area contributed by atoms with Crippen molar-refractivity contribution in [1.29, 1.82) is 0 Å². The van der Waals surface area contributed by atoms with Crippen LogP contribution >= 0.6 is 11.6 Å². The molecule has 2 nitrogen and oxygen atoms in total. The van der Waals surface area contributed by atoms with Gasteiger partial charge in [0.15, 0.2) is 0 Å². The summed E-state index contributed by atoms with van der Waals surface area (Å²) < 4.78 is 1.84. The summed E-state index contributed by atoms with van der Waals surface area (Å²) in [4.78, 5) is 0. The Balaban J connectivity index is 2.35. The summed E-state index contributed by atoms with van der Waals surface area (Å²) in [6, 6.07) is 3.92. The molecule has 1 aromatic carbocycles. The second kappa shape index (κ2) is 2.74. The smallest absolute Gasteiger partial charge is 0.0927 e. The first kappa shape index (κ1) is 8.30. The Kier molecular flexibility index (Phi) is 1.62. The van der Waals surface area contributed by atoms with Crippen molar-refractivity contribution >= 4 is 22.5 Å². The van der Waals surface area contributed by atoms with E-state index in [9.17, 15) is 0 Å². The fraction of sp³-hybridized carbons (Fsp3) is 0.273. The van der Waals surface area contributed by atoms with Gasteiger partial charge in [0.05, 0.1) is 5.52 Å². The van der Waals surface area contributed by atoms with Crippen LogP contribution in [0.1, 0.15) is 17.9 Å². The lowest BCUT2D eigenvalue weighted by atomic mass is 10.1. The third kappa shape index (κ3) is 1.14. The largest absolute Gasteiger partial charge is 0.275 e. The zero-order valence-electron chi connectivity index (χ0n) is 7.87. The Morgan fingerprint density at radius 2 is 2.29 bits per heavy atom. The third-order valence-corrected chi connectivity index (χ3v) is 2.96. The Bertz CT molecular complexity index is 497. The van der Waals surface area contributed by atoms with Crippen molar-refractivity contribution in [3.8, 4) is 0 Å². The number of aryl methyl sites for hydroxylation is 1. The summed E-state index contributed by atoms with van der Waals surface area (Å²) in [5, 5.41) is 6.43. The van der Waals surface area contributed by atoms with E-state index in [0.29, 0.717) is 5.92 Å². The number of benzene rings is 1. The van der Waals surface area contributed by atoms with Gasteiger partial charge in [-0.05, 0) is 36.5 Å². The van der Waals surface area contributed by atoms with Gasteiger partial charge in [0, 0.05) is 23.7 Å². The van der Waals surface area contributed by atoms with Gasteiger partial charge >= 0.3 is 0 Å². The van der Waals surface area contributed by atoms with Crippen LogP contribution in [0.5, 0.6) is 0 Å². The zero-order valence-corrected chi connectivity index (χ0v) is 8.62.